The number of carboxylic acids is 1. The molecule has 0 atom stereocenters. The molecule has 0 unspecified atom stereocenters. The van der Waals surface area contributed by atoms with Crippen molar-refractivity contribution in [2.24, 2.45) is 11.8 Å². The van der Waals surface area contributed by atoms with Gasteiger partial charge in [0.2, 0.25) is 0 Å². The van der Waals surface area contributed by atoms with Crippen LogP contribution < -0.4 is 16.2 Å². The quantitative estimate of drug-likeness (QED) is 0.142. The second-order valence-electron chi connectivity index (χ2n) is 9.54. The van der Waals surface area contributed by atoms with Crippen molar-refractivity contribution >= 4 is 29.4 Å². The molecule has 0 amide bonds. The van der Waals surface area contributed by atoms with E-state index in [9.17, 15) is 22.8 Å². The van der Waals surface area contributed by atoms with Crippen LogP contribution in [0.1, 0.15) is 60.0 Å². The zero-order valence-corrected chi connectivity index (χ0v) is 21.0. The average molecular weight is 535 g/mol. The molecule has 206 valence electrons. The molecule has 38 heavy (non-hydrogen) atoms. The fourth-order valence-electron chi connectivity index (χ4n) is 4.46. The van der Waals surface area contributed by atoms with Crippen molar-refractivity contribution < 1.29 is 37.3 Å². The van der Waals surface area contributed by atoms with Crippen LogP contribution in [-0.2, 0) is 16.0 Å². The van der Waals surface area contributed by atoms with E-state index in [1.54, 1.807) is 30.3 Å². The average Bonchev–Trinajstić information content (AvgIpc) is 2.87. The van der Waals surface area contributed by atoms with E-state index in [-0.39, 0.29) is 30.9 Å². The highest BCUT2D eigenvalue weighted by atomic mass is 19.4. The number of carbonyl (C=O) groups excluding carboxylic acids is 1. The van der Waals surface area contributed by atoms with Crippen LogP contribution >= 0.6 is 0 Å². The van der Waals surface area contributed by atoms with Crippen LogP contribution in [0.3, 0.4) is 0 Å². The number of carboxylic acid groups (broad SMARTS) is 1. The van der Waals surface area contributed by atoms with Gasteiger partial charge in [0.15, 0.2) is 0 Å². The molecule has 0 spiro atoms. The van der Waals surface area contributed by atoms with Gasteiger partial charge in [-0.2, -0.15) is 13.2 Å². The molecule has 0 radical (unpaired) electrons. The molecule has 0 aliphatic heterocycles. The Balaban J connectivity index is 1.33. The summed E-state index contributed by atoms with van der Waals surface area (Å²) < 4.78 is 49.3. The van der Waals surface area contributed by atoms with Crippen LogP contribution in [0.15, 0.2) is 42.5 Å². The molecule has 1 aliphatic rings. The zero-order valence-electron chi connectivity index (χ0n) is 21.0. The molecule has 0 aromatic heterocycles. The Hall–Kier alpha value is -3.69. The van der Waals surface area contributed by atoms with Gasteiger partial charge in [-0.15, -0.1) is 0 Å². The minimum absolute atomic E-state index is 0.0386. The Bertz CT molecular complexity index is 1100. The topological polar surface area (TPSA) is 125 Å². The first kappa shape index (κ1) is 28.9. The highest BCUT2D eigenvalue weighted by Gasteiger charge is 2.41. The summed E-state index contributed by atoms with van der Waals surface area (Å²) in [7, 11) is 0. The number of hydrogen-bond acceptors (Lipinski definition) is 6. The molecule has 10 heteroatoms. The second-order valence-corrected chi connectivity index (χ2v) is 9.54. The van der Waals surface area contributed by atoms with E-state index in [1.165, 1.54) is 18.2 Å². The first-order valence-electron chi connectivity index (χ1n) is 12.6. The van der Waals surface area contributed by atoms with Crippen molar-refractivity contribution in [2.75, 3.05) is 24.7 Å². The SMILES string of the molecule is Nc1cc(C(=O)O)cc(N)c1CCCCOC(=O)C=Cc1ccc(OCC2CCC(C(F)(F)F)CC2)cc1. The minimum Gasteiger partial charge on any atom is -0.493 e. The van der Waals surface area contributed by atoms with Crippen LogP contribution in [0.5, 0.6) is 5.75 Å². The number of nitrogens with two attached hydrogens (primary N) is 2. The monoisotopic (exact) mass is 534 g/mol. The molecule has 2 aromatic rings. The maximum absolute atomic E-state index is 12.8. The number of hydrogen-bond donors (Lipinski definition) is 3. The number of halogens is 3. The lowest BCUT2D eigenvalue weighted by molar-refractivity contribution is -0.184. The van der Waals surface area contributed by atoms with Gasteiger partial charge in [-0.1, -0.05) is 12.1 Å². The van der Waals surface area contributed by atoms with E-state index in [2.05, 4.69) is 0 Å². The van der Waals surface area contributed by atoms with Crippen LogP contribution in [0, 0.1) is 11.8 Å². The molecular weight excluding hydrogens is 501 g/mol. The largest absolute Gasteiger partial charge is 0.493 e. The highest BCUT2D eigenvalue weighted by Crippen LogP contribution is 2.39. The molecule has 0 heterocycles. The molecule has 3 rings (SSSR count). The predicted octanol–water partition coefficient (Wildman–Crippen LogP) is 5.88. The summed E-state index contributed by atoms with van der Waals surface area (Å²) in [5.74, 6) is -2.02. The molecule has 0 bridgehead atoms. The van der Waals surface area contributed by atoms with Gasteiger partial charge in [-0.05, 0) is 92.3 Å². The summed E-state index contributed by atoms with van der Waals surface area (Å²) in [6, 6.07) is 9.83. The van der Waals surface area contributed by atoms with Crippen molar-refractivity contribution in [3.63, 3.8) is 0 Å². The molecule has 2 aromatic carbocycles. The van der Waals surface area contributed by atoms with E-state index in [0.29, 0.717) is 61.4 Å². The molecule has 1 saturated carbocycles. The third-order valence-electron chi connectivity index (χ3n) is 6.72. The van der Waals surface area contributed by atoms with E-state index < -0.39 is 24.0 Å². The molecule has 5 N–H and O–H groups in total. The van der Waals surface area contributed by atoms with Crippen LogP contribution in [0.25, 0.3) is 6.08 Å². The predicted molar refractivity (Wildman–Crippen MR) is 139 cm³/mol. The Kier molecular flexibility index (Phi) is 10.0. The van der Waals surface area contributed by atoms with Crippen LogP contribution in [0.2, 0.25) is 0 Å². The Morgan fingerprint density at radius 1 is 1.00 bits per heavy atom. The second kappa shape index (κ2) is 13.2. The first-order valence-corrected chi connectivity index (χ1v) is 12.6. The van der Waals surface area contributed by atoms with Gasteiger partial charge >= 0.3 is 18.1 Å². The van der Waals surface area contributed by atoms with Gasteiger partial charge in [-0.25, -0.2) is 9.59 Å². The van der Waals surface area contributed by atoms with E-state index in [4.69, 9.17) is 26.0 Å². The van der Waals surface area contributed by atoms with Gasteiger partial charge in [0.05, 0.1) is 24.7 Å². The van der Waals surface area contributed by atoms with Crippen molar-refractivity contribution in [3.8, 4) is 5.75 Å². The van der Waals surface area contributed by atoms with Gasteiger partial charge < -0.3 is 26.0 Å². The van der Waals surface area contributed by atoms with Crippen molar-refractivity contribution in [1.82, 2.24) is 0 Å². The summed E-state index contributed by atoms with van der Waals surface area (Å²) >= 11 is 0. The molecule has 7 nitrogen and oxygen atoms in total. The normalized spacial score (nSPS) is 17.9. The number of aromatic carboxylic acids is 1. The smallest absolute Gasteiger partial charge is 0.391 e. The number of ether oxygens (including phenoxy) is 2. The Morgan fingerprint density at radius 2 is 1.63 bits per heavy atom. The third-order valence-corrected chi connectivity index (χ3v) is 6.72. The lowest BCUT2D eigenvalue weighted by atomic mass is 9.82. The maximum Gasteiger partial charge on any atom is 0.391 e. The van der Waals surface area contributed by atoms with Crippen molar-refractivity contribution in [1.29, 1.82) is 0 Å². The summed E-state index contributed by atoms with van der Waals surface area (Å²) in [4.78, 5) is 23.0. The van der Waals surface area contributed by atoms with E-state index in [0.717, 1.165) is 5.56 Å². The zero-order chi connectivity index (χ0) is 27.7. The summed E-state index contributed by atoms with van der Waals surface area (Å²) in [5.41, 5.74) is 14.0. The molecule has 1 fully saturated rings. The number of esters is 1. The van der Waals surface area contributed by atoms with Crippen molar-refractivity contribution in [2.45, 2.75) is 51.1 Å². The number of anilines is 2. The molecule has 0 saturated heterocycles. The van der Waals surface area contributed by atoms with Crippen molar-refractivity contribution in [3.05, 3.63) is 59.2 Å². The maximum atomic E-state index is 12.8. The van der Waals surface area contributed by atoms with Crippen LogP contribution in [-0.4, -0.2) is 36.4 Å². The Morgan fingerprint density at radius 3 is 2.21 bits per heavy atom. The van der Waals surface area contributed by atoms with Gasteiger partial charge in [0.1, 0.15) is 5.75 Å². The molecular formula is C28H33F3N2O5. The van der Waals surface area contributed by atoms with E-state index >= 15 is 0 Å². The lowest BCUT2D eigenvalue weighted by Crippen LogP contribution is -2.29. The van der Waals surface area contributed by atoms with Crippen LogP contribution in [0.4, 0.5) is 24.5 Å². The minimum atomic E-state index is -4.11. The highest BCUT2D eigenvalue weighted by molar-refractivity contribution is 5.91. The Labute approximate surface area is 219 Å². The van der Waals surface area contributed by atoms with Gasteiger partial charge in [0, 0.05) is 17.5 Å². The van der Waals surface area contributed by atoms with Gasteiger partial charge in [-0.3, -0.25) is 0 Å². The number of rotatable bonds is 11. The fraction of sp³-hybridized carbons (Fsp3) is 0.429. The molecule has 1 aliphatic carbocycles. The lowest BCUT2D eigenvalue weighted by Gasteiger charge is -2.29. The number of carbonyl (C=O) groups is 2. The first-order chi connectivity index (χ1) is 18.0. The summed E-state index contributed by atoms with van der Waals surface area (Å²) in [6.07, 6.45) is 1.95. The number of alkyl halides is 3. The standard InChI is InChI=1S/C28H33F3N2O5/c29-28(30,31)21-9-4-19(5-10-21)17-38-22-11-6-18(7-12-22)8-13-26(34)37-14-2-1-3-23-24(32)15-20(27(35)36)16-25(23)33/h6-8,11-13,15-16,19,21H,1-5,9-10,14,17,32-33H2,(H,35,36). The summed E-state index contributed by atoms with van der Waals surface area (Å²) in [6.45, 7) is 0.604. The van der Waals surface area contributed by atoms with E-state index in [1.807, 2.05) is 0 Å². The number of unbranched alkanes of at least 4 members (excludes halogenated alkanes) is 1. The van der Waals surface area contributed by atoms with Gasteiger partial charge in [0.25, 0.3) is 0 Å². The third kappa shape index (κ3) is 8.71. The summed E-state index contributed by atoms with van der Waals surface area (Å²) in [5, 5.41) is 9.05. The number of benzene rings is 2. The number of nitrogen functional groups attached to an aromatic ring is 2. The fourth-order valence-corrected chi connectivity index (χ4v) is 4.46.